The van der Waals surface area contributed by atoms with E-state index in [-0.39, 0.29) is 12.5 Å². The number of aryl methyl sites for hydroxylation is 1. The Hall–Kier alpha value is -3.17. The molecule has 0 heterocycles. The van der Waals surface area contributed by atoms with Gasteiger partial charge >= 0.3 is 0 Å². The Morgan fingerprint density at radius 1 is 0.949 bits per heavy atom. The Morgan fingerprint density at radius 2 is 1.62 bits per heavy atom. The maximum absolute atomic E-state index is 14.1. The number of nitrogens with zero attached hydrogens (tertiary/aromatic N) is 2. The molecule has 0 aromatic heterocycles. The summed E-state index contributed by atoms with van der Waals surface area (Å²) in [7, 11) is -3.79. The lowest BCUT2D eigenvalue weighted by atomic mass is 10.0. The Balaban J connectivity index is 2.04. The van der Waals surface area contributed by atoms with Gasteiger partial charge in [0.1, 0.15) is 12.6 Å². The molecule has 0 radical (unpaired) electrons. The molecule has 0 aliphatic carbocycles. The van der Waals surface area contributed by atoms with Gasteiger partial charge in [0.05, 0.1) is 11.9 Å². The molecule has 0 spiro atoms. The summed E-state index contributed by atoms with van der Waals surface area (Å²) in [6.45, 7) is 4.06. The Labute approximate surface area is 240 Å². The second-order valence-electron chi connectivity index (χ2n) is 9.56. The van der Waals surface area contributed by atoms with E-state index >= 15 is 0 Å². The van der Waals surface area contributed by atoms with Crippen LogP contribution in [0.5, 0.6) is 0 Å². The summed E-state index contributed by atoms with van der Waals surface area (Å²) in [6, 6.07) is 23.3. The highest BCUT2D eigenvalue weighted by atomic mass is 79.9. The average molecular weight is 615 g/mol. The third kappa shape index (κ3) is 8.93. The van der Waals surface area contributed by atoms with E-state index in [4.69, 9.17) is 0 Å². The molecule has 39 heavy (non-hydrogen) atoms. The summed E-state index contributed by atoms with van der Waals surface area (Å²) in [5.41, 5.74) is 2.88. The smallest absolute Gasteiger partial charge is 0.244 e. The number of halogens is 1. The average Bonchev–Trinajstić information content (AvgIpc) is 2.90. The number of hydrogen-bond donors (Lipinski definition) is 1. The van der Waals surface area contributed by atoms with Crippen molar-refractivity contribution in [1.29, 1.82) is 0 Å². The van der Waals surface area contributed by atoms with Gasteiger partial charge in [0.25, 0.3) is 0 Å². The minimum absolute atomic E-state index is 0.141. The molecule has 7 nitrogen and oxygen atoms in total. The maximum atomic E-state index is 14.1. The molecule has 2 amide bonds. The molecular formula is C30H36BrN3O4S. The van der Waals surface area contributed by atoms with Crippen LogP contribution < -0.4 is 9.62 Å². The number of carbonyl (C=O) groups excluding carboxylic acids is 2. The van der Waals surface area contributed by atoms with Crippen molar-refractivity contribution in [3.63, 3.8) is 0 Å². The van der Waals surface area contributed by atoms with E-state index in [9.17, 15) is 18.0 Å². The first kappa shape index (κ1) is 30.4. The van der Waals surface area contributed by atoms with Crippen LogP contribution in [-0.4, -0.2) is 50.5 Å². The number of para-hydroxylation sites is 1. The monoisotopic (exact) mass is 613 g/mol. The van der Waals surface area contributed by atoms with E-state index in [2.05, 4.69) is 21.2 Å². The molecule has 1 N–H and O–H groups in total. The fourth-order valence-electron chi connectivity index (χ4n) is 4.33. The molecular weight excluding hydrogens is 578 g/mol. The number of anilines is 1. The third-order valence-electron chi connectivity index (χ3n) is 6.41. The number of carbonyl (C=O) groups is 2. The highest BCUT2D eigenvalue weighted by Gasteiger charge is 2.33. The van der Waals surface area contributed by atoms with Crippen LogP contribution in [0, 0.1) is 6.92 Å². The van der Waals surface area contributed by atoms with Gasteiger partial charge in [0, 0.05) is 24.0 Å². The lowest BCUT2D eigenvalue weighted by molar-refractivity contribution is -0.140. The van der Waals surface area contributed by atoms with Crippen LogP contribution in [0.4, 0.5) is 5.69 Å². The predicted octanol–water partition coefficient (Wildman–Crippen LogP) is 5.08. The molecule has 0 bridgehead atoms. The van der Waals surface area contributed by atoms with Crippen molar-refractivity contribution in [3.05, 3.63) is 100 Å². The summed E-state index contributed by atoms with van der Waals surface area (Å²) in [5.74, 6) is -0.729. The number of sulfonamides is 1. The van der Waals surface area contributed by atoms with E-state index in [0.29, 0.717) is 18.7 Å². The molecule has 0 saturated carbocycles. The van der Waals surface area contributed by atoms with Gasteiger partial charge in [-0.2, -0.15) is 0 Å². The largest absolute Gasteiger partial charge is 0.354 e. The number of amides is 2. The van der Waals surface area contributed by atoms with Gasteiger partial charge in [-0.15, -0.1) is 0 Å². The molecule has 9 heteroatoms. The molecule has 0 fully saturated rings. The van der Waals surface area contributed by atoms with Gasteiger partial charge in [-0.3, -0.25) is 13.9 Å². The van der Waals surface area contributed by atoms with E-state index < -0.39 is 28.5 Å². The molecule has 1 atom stereocenters. The van der Waals surface area contributed by atoms with Crippen LogP contribution in [0.15, 0.2) is 83.3 Å². The normalized spacial score (nSPS) is 12.0. The second-order valence-corrected chi connectivity index (χ2v) is 12.4. The van der Waals surface area contributed by atoms with E-state index in [1.165, 1.54) is 4.90 Å². The zero-order valence-electron chi connectivity index (χ0n) is 22.6. The van der Waals surface area contributed by atoms with Crippen molar-refractivity contribution in [3.8, 4) is 0 Å². The quantitative estimate of drug-likeness (QED) is 0.272. The lowest BCUT2D eigenvalue weighted by Gasteiger charge is -2.34. The SMILES string of the molecule is CCCCNC(=O)[C@H](Cc1ccccc1)N(Cc1cccc(Br)c1)C(=O)CN(c1ccccc1C)S(C)(=O)=O. The highest BCUT2D eigenvalue weighted by Crippen LogP contribution is 2.24. The lowest BCUT2D eigenvalue weighted by Crippen LogP contribution is -2.53. The first-order valence-electron chi connectivity index (χ1n) is 13.0. The van der Waals surface area contributed by atoms with Gasteiger partial charge in [-0.05, 0) is 48.2 Å². The molecule has 3 aromatic rings. The molecule has 0 aliphatic heterocycles. The predicted molar refractivity (Wildman–Crippen MR) is 160 cm³/mol. The van der Waals surface area contributed by atoms with Crippen molar-refractivity contribution >= 4 is 43.5 Å². The molecule has 0 unspecified atom stereocenters. The minimum atomic E-state index is -3.79. The Bertz CT molecular complexity index is 1370. The van der Waals surface area contributed by atoms with Crippen LogP contribution in [0.3, 0.4) is 0 Å². The zero-order chi connectivity index (χ0) is 28.4. The van der Waals surface area contributed by atoms with E-state index in [0.717, 1.165) is 44.6 Å². The molecule has 3 aromatic carbocycles. The molecule has 208 valence electrons. The van der Waals surface area contributed by atoms with Crippen molar-refractivity contribution in [2.24, 2.45) is 0 Å². The Morgan fingerprint density at radius 3 is 2.26 bits per heavy atom. The molecule has 3 rings (SSSR count). The second kappa shape index (κ2) is 14.3. The summed E-state index contributed by atoms with van der Waals surface area (Å²) < 4.78 is 27.7. The van der Waals surface area contributed by atoms with Crippen LogP contribution in [0.2, 0.25) is 0 Å². The number of rotatable bonds is 13. The summed E-state index contributed by atoms with van der Waals surface area (Å²) in [5, 5.41) is 2.99. The first-order valence-corrected chi connectivity index (χ1v) is 15.6. The number of benzene rings is 3. The fraction of sp³-hybridized carbons (Fsp3) is 0.333. The summed E-state index contributed by atoms with van der Waals surface area (Å²) >= 11 is 3.49. The van der Waals surface area contributed by atoms with Crippen molar-refractivity contribution < 1.29 is 18.0 Å². The van der Waals surface area contributed by atoms with Crippen LogP contribution >= 0.6 is 15.9 Å². The fourth-order valence-corrected chi connectivity index (χ4v) is 5.68. The van der Waals surface area contributed by atoms with Crippen molar-refractivity contribution in [1.82, 2.24) is 10.2 Å². The van der Waals surface area contributed by atoms with Gasteiger partial charge < -0.3 is 10.2 Å². The van der Waals surface area contributed by atoms with Crippen molar-refractivity contribution in [2.75, 3.05) is 23.7 Å². The van der Waals surface area contributed by atoms with Gasteiger partial charge in [0.15, 0.2) is 0 Å². The first-order chi connectivity index (χ1) is 18.6. The molecule has 0 aliphatic rings. The highest BCUT2D eigenvalue weighted by molar-refractivity contribution is 9.10. The summed E-state index contributed by atoms with van der Waals surface area (Å²) in [6.07, 6.45) is 3.12. The van der Waals surface area contributed by atoms with Crippen LogP contribution in [-0.2, 0) is 32.6 Å². The topological polar surface area (TPSA) is 86.8 Å². The number of nitrogens with one attached hydrogen (secondary N) is 1. The van der Waals surface area contributed by atoms with E-state index in [1.807, 2.05) is 67.6 Å². The zero-order valence-corrected chi connectivity index (χ0v) is 25.0. The van der Waals surface area contributed by atoms with Crippen LogP contribution in [0.1, 0.15) is 36.5 Å². The third-order valence-corrected chi connectivity index (χ3v) is 8.03. The van der Waals surface area contributed by atoms with E-state index in [1.54, 1.807) is 25.1 Å². The summed E-state index contributed by atoms with van der Waals surface area (Å²) in [4.78, 5) is 29.2. The van der Waals surface area contributed by atoms with Gasteiger partial charge in [0.2, 0.25) is 21.8 Å². The van der Waals surface area contributed by atoms with Gasteiger partial charge in [-0.25, -0.2) is 8.42 Å². The maximum Gasteiger partial charge on any atom is 0.244 e. The number of unbranched alkanes of at least 4 members (excludes halogenated alkanes) is 1. The van der Waals surface area contributed by atoms with Crippen LogP contribution in [0.25, 0.3) is 0 Å². The van der Waals surface area contributed by atoms with Crippen molar-refractivity contribution in [2.45, 2.75) is 45.7 Å². The standard InChI is InChI=1S/C30H36BrN3O4S/c1-4-5-18-32-30(36)28(20-24-13-7-6-8-14-24)33(21-25-15-11-16-26(31)19-25)29(35)22-34(39(3,37)38)27-17-10-9-12-23(27)2/h6-17,19,28H,4-5,18,20-22H2,1-3H3,(H,32,36)/t28-/m0/s1. The van der Waals surface area contributed by atoms with Gasteiger partial charge in [-0.1, -0.05) is 89.9 Å². The molecule has 0 saturated heterocycles. The number of hydrogen-bond acceptors (Lipinski definition) is 4. The Kier molecular flexibility index (Phi) is 11.1. The minimum Gasteiger partial charge on any atom is -0.354 e.